The highest BCUT2D eigenvalue weighted by molar-refractivity contribution is 7.78. The van der Waals surface area contributed by atoms with E-state index >= 15 is 0 Å². The maximum Gasteiger partial charge on any atom is 0.232 e. The number of hydrogen-bond donors (Lipinski definition) is 1. The molecule has 1 N–H and O–H groups in total. The number of hydrogen-bond acceptors (Lipinski definition) is 4. The zero-order valence-corrected chi connectivity index (χ0v) is 14.8. The maximum absolute atomic E-state index is 14.0. The molecule has 0 amide bonds. The summed E-state index contributed by atoms with van der Waals surface area (Å²) >= 11 is 0. The summed E-state index contributed by atoms with van der Waals surface area (Å²) in [5.74, 6) is -0.00361. The lowest BCUT2D eigenvalue weighted by atomic mass is 10.3. The van der Waals surface area contributed by atoms with E-state index in [9.17, 15) is 4.57 Å². The van der Waals surface area contributed by atoms with Crippen molar-refractivity contribution in [2.24, 2.45) is 0 Å². The fraction of sp³-hybridized carbons (Fsp3) is 0.100. The molecule has 1 heterocycles. The maximum atomic E-state index is 14.0. The normalized spacial score (nSPS) is 11.1. The van der Waals surface area contributed by atoms with E-state index in [0.717, 1.165) is 10.6 Å². The monoisotopic (exact) mass is 350 g/mol. The standard InChI is InChI=1S/C20H19N2O2P/c1-24-20(21)19-14-8-9-16(22-19)15-25(23,17-10-4-2-5-11-17)18-12-6-3-7-13-18/h2-14,21H,15H2,1H3. The summed E-state index contributed by atoms with van der Waals surface area (Å²) < 4.78 is 19.0. The molecular formula is C20H19N2O2P. The predicted molar refractivity (Wildman–Crippen MR) is 102 cm³/mol. The molecule has 3 aromatic rings. The van der Waals surface area contributed by atoms with Gasteiger partial charge in [-0.2, -0.15) is 0 Å². The molecule has 0 aliphatic carbocycles. The number of aromatic nitrogens is 1. The predicted octanol–water partition coefficient (Wildman–Crippen LogP) is 3.57. The van der Waals surface area contributed by atoms with Crippen molar-refractivity contribution in [2.75, 3.05) is 7.11 Å². The molecule has 0 spiro atoms. The SMILES string of the molecule is COC(=N)c1cccc(CP(=O)(c2ccccc2)c2ccccc2)n1. The van der Waals surface area contributed by atoms with Crippen molar-refractivity contribution in [1.82, 2.24) is 4.98 Å². The average Bonchev–Trinajstić information content (AvgIpc) is 2.69. The fourth-order valence-corrected chi connectivity index (χ4v) is 5.30. The minimum absolute atomic E-state index is 0.00361. The van der Waals surface area contributed by atoms with Gasteiger partial charge < -0.3 is 9.30 Å². The largest absolute Gasteiger partial charge is 0.480 e. The first kappa shape index (κ1) is 17.1. The minimum Gasteiger partial charge on any atom is -0.480 e. The molecule has 1 aromatic heterocycles. The van der Waals surface area contributed by atoms with Gasteiger partial charge in [0.1, 0.15) is 12.8 Å². The molecule has 0 bridgehead atoms. The van der Waals surface area contributed by atoms with E-state index in [-0.39, 0.29) is 5.90 Å². The Kier molecular flexibility index (Phi) is 5.11. The molecule has 0 saturated heterocycles. The molecule has 5 heteroatoms. The lowest BCUT2D eigenvalue weighted by Crippen LogP contribution is -2.18. The molecule has 0 aliphatic heterocycles. The Morgan fingerprint density at radius 2 is 1.48 bits per heavy atom. The Morgan fingerprint density at radius 1 is 0.920 bits per heavy atom. The van der Waals surface area contributed by atoms with Crippen LogP contribution >= 0.6 is 7.14 Å². The van der Waals surface area contributed by atoms with E-state index in [2.05, 4.69) is 4.98 Å². The van der Waals surface area contributed by atoms with Crippen LogP contribution in [0.3, 0.4) is 0 Å². The van der Waals surface area contributed by atoms with E-state index < -0.39 is 7.14 Å². The quantitative estimate of drug-likeness (QED) is 0.435. The summed E-state index contributed by atoms with van der Waals surface area (Å²) in [6.45, 7) is 0. The van der Waals surface area contributed by atoms with Crippen LogP contribution in [0.5, 0.6) is 0 Å². The molecular weight excluding hydrogens is 331 g/mol. The number of rotatable bonds is 5. The van der Waals surface area contributed by atoms with Crippen molar-refractivity contribution in [3.05, 3.63) is 90.3 Å². The zero-order chi connectivity index (χ0) is 17.7. The highest BCUT2D eigenvalue weighted by Gasteiger charge is 2.28. The fourth-order valence-electron chi connectivity index (χ4n) is 2.70. The van der Waals surface area contributed by atoms with E-state index in [0.29, 0.717) is 17.5 Å². The van der Waals surface area contributed by atoms with Crippen LogP contribution < -0.4 is 10.6 Å². The number of nitrogens with one attached hydrogen (secondary N) is 1. The highest BCUT2D eigenvalue weighted by atomic mass is 31.2. The van der Waals surface area contributed by atoms with E-state index in [4.69, 9.17) is 10.1 Å². The zero-order valence-electron chi connectivity index (χ0n) is 13.9. The topological polar surface area (TPSA) is 63.0 Å². The summed E-state index contributed by atoms with van der Waals surface area (Å²) in [6.07, 6.45) is 0.297. The van der Waals surface area contributed by atoms with Gasteiger partial charge in [0, 0.05) is 16.3 Å². The molecule has 2 aromatic carbocycles. The number of benzene rings is 2. The molecule has 0 saturated carbocycles. The van der Waals surface area contributed by atoms with Gasteiger partial charge in [0.05, 0.1) is 13.3 Å². The van der Waals surface area contributed by atoms with Gasteiger partial charge in [0.25, 0.3) is 0 Å². The van der Waals surface area contributed by atoms with Gasteiger partial charge in [0.2, 0.25) is 5.90 Å². The second-order valence-corrected chi connectivity index (χ2v) is 8.44. The molecule has 0 fully saturated rings. The lowest BCUT2D eigenvalue weighted by Gasteiger charge is -2.19. The van der Waals surface area contributed by atoms with Crippen LogP contribution in [0.25, 0.3) is 0 Å². The third kappa shape index (κ3) is 3.70. The summed E-state index contributed by atoms with van der Waals surface area (Å²) in [7, 11) is -1.44. The van der Waals surface area contributed by atoms with Crippen LogP contribution in [0.2, 0.25) is 0 Å². The van der Waals surface area contributed by atoms with Gasteiger partial charge >= 0.3 is 0 Å². The second-order valence-electron chi connectivity index (χ2n) is 5.62. The third-order valence-electron chi connectivity index (χ3n) is 3.97. The van der Waals surface area contributed by atoms with Crippen molar-refractivity contribution in [3.63, 3.8) is 0 Å². The molecule has 0 unspecified atom stereocenters. The molecule has 25 heavy (non-hydrogen) atoms. The van der Waals surface area contributed by atoms with E-state index in [1.54, 1.807) is 6.07 Å². The van der Waals surface area contributed by atoms with E-state index in [1.165, 1.54) is 7.11 Å². The highest BCUT2D eigenvalue weighted by Crippen LogP contribution is 2.46. The average molecular weight is 350 g/mol. The van der Waals surface area contributed by atoms with Gasteiger partial charge in [-0.3, -0.25) is 5.41 Å². The first-order chi connectivity index (χ1) is 12.1. The van der Waals surface area contributed by atoms with Gasteiger partial charge in [0.15, 0.2) is 0 Å². The Balaban J connectivity index is 2.06. The second kappa shape index (κ2) is 7.45. The van der Waals surface area contributed by atoms with Crippen LogP contribution in [-0.4, -0.2) is 18.0 Å². The molecule has 4 nitrogen and oxygen atoms in total. The van der Waals surface area contributed by atoms with Crippen molar-refractivity contribution in [3.8, 4) is 0 Å². The van der Waals surface area contributed by atoms with Crippen molar-refractivity contribution in [1.29, 1.82) is 5.41 Å². The summed E-state index contributed by atoms with van der Waals surface area (Å²) in [5.41, 5.74) is 1.11. The molecule has 0 aliphatic rings. The first-order valence-electron chi connectivity index (χ1n) is 7.92. The van der Waals surface area contributed by atoms with E-state index in [1.807, 2.05) is 72.8 Å². The smallest absolute Gasteiger partial charge is 0.232 e. The minimum atomic E-state index is -2.88. The molecule has 3 rings (SSSR count). The van der Waals surface area contributed by atoms with Crippen LogP contribution in [0.1, 0.15) is 11.4 Å². The van der Waals surface area contributed by atoms with Crippen molar-refractivity contribution in [2.45, 2.75) is 6.16 Å². The number of nitrogens with zero attached hydrogens (tertiary/aromatic N) is 1. The van der Waals surface area contributed by atoms with Crippen LogP contribution in [0.15, 0.2) is 78.9 Å². The van der Waals surface area contributed by atoms with Crippen LogP contribution in [-0.2, 0) is 15.5 Å². The first-order valence-corrected chi connectivity index (χ1v) is 9.82. The van der Waals surface area contributed by atoms with Gasteiger partial charge in [-0.1, -0.05) is 66.7 Å². The Morgan fingerprint density at radius 3 is 2.00 bits per heavy atom. The third-order valence-corrected chi connectivity index (χ3v) is 7.01. The van der Waals surface area contributed by atoms with Gasteiger partial charge in [-0.25, -0.2) is 4.98 Å². The number of ether oxygens (including phenoxy) is 1. The van der Waals surface area contributed by atoms with Crippen LogP contribution in [0.4, 0.5) is 0 Å². The van der Waals surface area contributed by atoms with Crippen LogP contribution in [0, 0.1) is 5.41 Å². The van der Waals surface area contributed by atoms with Gasteiger partial charge in [-0.05, 0) is 12.1 Å². The summed E-state index contributed by atoms with van der Waals surface area (Å²) in [6, 6.07) is 24.4. The summed E-state index contributed by atoms with van der Waals surface area (Å²) in [4.78, 5) is 4.46. The number of methoxy groups -OCH3 is 1. The van der Waals surface area contributed by atoms with Crippen molar-refractivity contribution >= 4 is 23.6 Å². The van der Waals surface area contributed by atoms with Crippen molar-refractivity contribution < 1.29 is 9.30 Å². The lowest BCUT2D eigenvalue weighted by molar-refractivity contribution is 0.399. The number of pyridine rings is 1. The molecule has 126 valence electrons. The molecule has 0 radical (unpaired) electrons. The summed E-state index contributed by atoms with van der Waals surface area (Å²) in [5, 5.41) is 9.38. The Labute approximate surface area is 147 Å². The molecule has 0 atom stereocenters. The Bertz CT molecular complexity index is 868. The Hall–Kier alpha value is -2.71. The van der Waals surface area contributed by atoms with Gasteiger partial charge in [-0.15, -0.1) is 0 Å².